The number of piperidine rings is 1. The molecule has 0 amide bonds. The van der Waals surface area contributed by atoms with Crippen LogP contribution in [0.3, 0.4) is 0 Å². The molecule has 2 fully saturated rings. The Morgan fingerprint density at radius 1 is 0.952 bits per heavy atom. The van der Waals surface area contributed by atoms with Crippen LogP contribution in [0.15, 0.2) is 83.3 Å². The first-order valence-corrected chi connectivity index (χ1v) is 15.5. The SMILES string of the molecule is Oc1ccc2c3c1O[C@H]1c4oc5ccccc5c4C[C@@]4(OCc5ccc6ccccc6c5)[C@@H](C2)N(CC2CC2)CC[C@]314. The maximum atomic E-state index is 11.2. The van der Waals surface area contributed by atoms with Gasteiger partial charge in [-0.05, 0) is 78.2 Å². The maximum Gasteiger partial charge on any atom is 0.169 e. The van der Waals surface area contributed by atoms with Crippen LogP contribution in [0.4, 0.5) is 0 Å². The molecular weight excluding hydrogens is 522 g/mol. The molecule has 42 heavy (non-hydrogen) atoms. The number of rotatable bonds is 5. The van der Waals surface area contributed by atoms with Gasteiger partial charge in [0.15, 0.2) is 17.6 Å². The zero-order chi connectivity index (χ0) is 27.6. The number of ether oxygens (including phenoxy) is 2. The fraction of sp³-hybridized carbons (Fsp3) is 0.351. The van der Waals surface area contributed by atoms with Gasteiger partial charge in [-0.3, -0.25) is 4.90 Å². The van der Waals surface area contributed by atoms with Crippen LogP contribution in [0.2, 0.25) is 0 Å². The van der Waals surface area contributed by atoms with Crippen molar-refractivity contribution in [3.05, 3.63) is 107 Å². The molecule has 3 aliphatic carbocycles. The van der Waals surface area contributed by atoms with E-state index in [0.717, 1.165) is 55.0 Å². The predicted molar refractivity (Wildman–Crippen MR) is 161 cm³/mol. The minimum atomic E-state index is -0.526. The van der Waals surface area contributed by atoms with Crippen molar-refractivity contribution in [1.29, 1.82) is 0 Å². The van der Waals surface area contributed by atoms with E-state index in [-0.39, 0.29) is 17.9 Å². The molecule has 5 aliphatic rings. The van der Waals surface area contributed by atoms with E-state index in [1.54, 1.807) is 0 Å². The Kier molecular flexibility index (Phi) is 4.62. The second kappa shape index (κ2) is 8.18. The molecule has 2 bridgehead atoms. The highest BCUT2D eigenvalue weighted by molar-refractivity contribution is 5.84. The second-order valence-corrected chi connectivity index (χ2v) is 13.3. The summed E-state index contributed by atoms with van der Waals surface area (Å²) >= 11 is 0. The fourth-order valence-corrected chi connectivity index (χ4v) is 9.21. The van der Waals surface area contributed by atoms with E-state index in [1.165, 1.54) is 45.9 Å². The van der Waals surface area contributed by atoms with Crippen LogP contribution in [0, 0.1) is 5.92 Å². The fourth-order valence-electron chi connectivity index (χ4n) is 9.21. The molecule has 3 heterocycles. The van der Waals surface area contributed by atoms with Crippen LogP contribution in [-0.2, 0) is 29.6 Å². The first-order chi connectivity index (χ1) is 20.6. The Bertz CT molecular complexity index is 1920. The van der Waals surface area contributed by atoms with Crippen molar-refractivity contribution in [2.75, 3.05) is 13.1 Å². The average molecular weight is 556 g/mol. The van der Waals surface area contributed by atoms with Gasteiger partial charge in [-0.2, -0.15) is 0 Å². The van der Waals surface area contributed by atoms with Crippen molar-refractivity contribution >= 4 is 21.7 Å². The van der Waals surface area contributed by atoms with Gasteiger partial charge in [0.25, 0.3) is 0 Å². The summed E-state index contributed by atoms with van der Waals surface area (Å²) in [6.45, 7) is 2.67. The molecule has 1 aromatic heterocycles. The lowest BCUT2D eigenvalue weighted by atomic mass is 9.49. The molecule has 1 saturated heterocycles. The van der Waals surface area contributed by atoms with E-state index in [1.807, 2.05) is 12.1 Å². The minimum Gasteiger partial charge on any atom is -0.504 e. The van der Waals surface area contributed by atoms with Gasteiger partial charge in [-0.15, -0.1) is 0 Å². The normalized spacial score (nSPS) is 29.0. The number of fused-ring (bicyclic) bond motifs is 5. The van der Waals surface area contributed by atoms with Crippen molar-refractivity contribution in [3.8, 4) is 11.5 Å². The summed E-state index contributed by atoms with van der Waals surface area (Å²) in [6, 6.07) is 27.8. The van der Waals surface area contributed by atoms with E-state index >= 15 is 0 Å². The molecule has 0 unspecified atom stereocenters. The molecule has 10 rings (SSSR count). The lowest BCUT2D eigenvalue weighted by molar-refractivity contribution is -0.212. The van der Waals surface area contributed by atoms with Crippen LogP contribution >= 0.6 is 0 Å². The third-order valence-corrected chi connectivity index (χ3v) is 11.2. The zero-order valence-electron chi connectivity index (χ0n) is 23.5. The Morgan fingerprint density at radius 2 is 1.81 bits per heavy atom. The van der Waals surface area contributed by atoms with Gasteiger partial charge in [0, 0.05) is 35.5 Å². The van der Waals surface area contributed by atoms with E-state index in [9.17, 15) is 5.11 Å². The summed E-state index contributed by atoms with van der Waals surface area (Å²) < 4.78 is 21.1. The van der Waals surface area contributed by atoms with Crippen LogP contribution in [0.25, 0.3) is 21.7 Å². The van der Waals surface area contributed by atoms with Gasteiger partial charge < -0.3 is 19.0 Å². The Morgan fingerprint density at radius 3 is 2.71 bits per heavy atom. The standard InChI is InChI=1S/C37H33NO4/c39-29-14-13-26-18-31-37(40-21-23-11-12-24-5-1-2-6-25(24)17-23)19-28-27-7-3-4-8-30(27)41-33(28)35-36(37,32(26)34(29)42-35)15-16-38(31)20-22-9-10-22/h1-8,11-14,17,22,31,35,39H,9-10,15-16,18-21H2/t31-,35+,36+,37-/m1/s1. The third-order valence-electron chi connectivity index (χ3n) is 11.2. The average Bonchev–Trinajstić information content (AvgIpc) is 3.66. The molecule has 5 heteroatoms. The lowest BCUT2D eigenvalue weighted by Crippen LogP contribution is -2.75. The highest BCUT2D eigenvalue weighted by Gasteiger charge is 2.74. The number of benzene rings is 4. The van der Waals surface area contributed by atoms with Crippen molar-refractivity contribution in [2.24, 2.45) is 5.92 Å². The molecule has 1 saturated carbocycles. The van der Waals surface area contributed by atoms with Gasteiger partial charge >= 0.3 is 0 Å². The molecule has 1 spiro atoms. The van der Waals surface area contributed by atoms with Gasteiger partial charge in [0.05, 0.1) is 12.0 Å². The van der Waals surface area contributed by atoms with Gasteiger partial charge in [0.1, 0.15) is 16.9 Å². The number of nitrogens with zero attached hydrogens (tertiary/aromatic N) is 1. The molecule has 0 radical (unpaired) electrons. The summed E-state index contributed by atoms with van der Waals surface area (Å²) in [6.07, 6.45) is 4.91. The van der Waals surface area contributed by atoms with Crippen molar-refractivity contribution in [2.45, 2.75) is 61.9 Å². The summed E-state index contributed by atoms with van der Waals surface area (Å²) in [5.41, 5.74) is 4.79. The van der Waals surface area contributed by atoms with Crippen LogP contribution in [0.5, 0.6) is 11.5 Å². The number of phenols is 1. The smallest absolute Gasteiger partial charge is 0.169 e. The molecule has 210 valence electrons. The predicted octanol–water partition coefficient (Wildman–Crippen LogP) is 7.22. The molecule has 4 aromatic carbocycles. The highest BCUT2D eigenvalue weighted by Crippen LogP contribution is 2.70. The van der Waals surface area contributed by atoms with E-state index in [4.69, 9.17) is 13.9 Å². The molecule has 5 nitrogen and oxygen atoms in total. The van der Waals surface area contributed by atoms with Crippen molar-refractivity contribution in [3.63, 3.8) is 0 Å². The Balaban J connectivity index is 1.20. The Labute approximate surface area is 244 Å². The van der Waals surface area contributed by atoms with Crippen LogP contribution in [-0.4, -0.2) is 34.7 Å². The van der Waals surface area contributed by atoms with E-state index in [2.05, 4.69) is 71.6 Å². The highest BCUT2D eigenvalue weighted by atomic mass is 16.5. The number of furan rings is 1. The quantitative estimate of drug-likeness (QED) is 0.248. The number of phenolic OH excluding ortho intramolecular Hbond substituents is 1. The molecule has 5 aromatic rings. The van der Waals surface area contributed by atoms with Gasteiger partial charge in [-0.1, -0.05) is 60.7 Å². The summed E-state index contributed by atoms with van der Waals surface area (Å²) in [7, 11) is 0. The van der Waals surface area contributed by atoms with Gasteiger partial charge in [-0.25, -0.2) is 0 Å². The number of para-hydroxylation sites is 1. The largest absolute Gasteiger partial charge is 0.504 e. The van der Waals surface area contributed by atoms with Crippen molar-refractivity contribution < 1.29 is 19.0 Å². The first kappa shape index (κ1) is 23.7. The number of hydrogen-bond donors (Lipinski definition) is 1. The molecule has 2 aliphatic heterocycles. The second-order valence-electron chi connectivity index (χ2n) is 13.3. The third kappa shape index (κ3) is 2.96. The number of aromatic hydroxyl groups is 1. The number of hydrogen-bond acceptors (Lipinski definition) is 5. The van der Waals surface area contributed by atoms with E-state index in [0.29, 0.717) is 12.4 Å². The monoisotopic (exact) mass is 555 g/mol. The van der Waals surface area contributed by atoms with Crippen LogP contribution < -0.4 is 4.74 Å². The summed E-state index contributed by atoms with van der Waals surface area (Å²) in [5, 5.41) is 14.8. The Hall–Kier alpha value is -3.80. The topological polar surface area (TPSA) is 55.1 Å². The summed E-state index contributed by atoms with van der Waals surface area (Å²) in [5.74, 6) is 2.56. The van der Waals surface area contributed by atoms with E-state index < -0.39 is 11.0 Å². The van der Waals surface area contributed by atoms with Crippen molar-refractivity contribution in [1.82, 2.24) is 4.90 Å². The maximum absolute atomic E-state index is 11.2. The first-order valence-electron chi connectivity index (χ1n) is 15.5. The van der Waals surface area contributed by atoms with Crippen LogP contribution in [0.1, 0.15) is 53.4 Å². The number of likely N-dealkylation sites (tertiary alicyclic amines) is 1. The summed E-state index contributed by atoms with van der Waals surface area (Å²) in [4.78, 5) is 2.75. The lowest BCUT2D eigenvalue weighted by Gasteiger charge is -2.64. The molecular formula is C37H33NO4. The zero-order valence-corrected chi connectivity index (χ0v) is 23.5. The van der Waals surface area contributed by atoms with Gasteiger partial charge in [0.2, 0.25) is 0 Å². The molecule has 1 N–H and O–H groups in total. The molecule has 4 atom stereocenters. The minimum absolute atomic E-state index is 0.211.